The average molecular weight is 529 g/mol. The second-order valence-corrected chi connectivity index (χ2v) is 11.5. The monoisotopic (exact) mass is 526 g/mol. The molecule has 24 heavy (non-hydrogen) atoms. The normalized spacial score (nSPS) is 20.9. The summed E-state index contributed by atoms with van der Waals surface area (Å²) in [7, 11) is 0. The summed E-state index contributed by atoms with van der Waals surface area (Å²) in [5.41, 5.74) is 11.2. The van der Waals surface area contributed by atoms with Crippen molar-refractivity contribution in [3.63, 3.8) is 0 Å². The van der Waals surface area contributed by atoms with Crippen LogP contribution in [0.2, 0.25) is 3.12 Å². The molecule has 0 radical (unpaired) electrons. The van der Waals surface area contributed by atoms with E-state index in [1.54, 1.807) is 33.4 Å². The second kappa shape index (κ2) is 8.32. The van der Waals surface area contributed by atoms with Crippen LogP contribution in [0.3, 0.4) is 0 Å². The van der Waals surface area contributed by atoms with Gasteiger partial charge in [-0.15, -0.1) is 0 Å². The van der Waals surface area contributed by atoms with E-state index in [9.17, 15) is 0 Å². The van der Waals surface area contributed by atoms with Crippen molar-refractivity contribution >= 4 is 6.08 Å². The van der Waals surface area contributed by atoms with Gasteiger partial charge in [-0.25, -0.2) is 0 Å². The van der Waals surface area contributed by atoms with Crippen LogP contribution in [0.1, 0.15) is 62.7 Å². The minimum atomic E-state index is -0.688. The van der Waals surface area contributed by atoms with E-state index in [1.165, 1.54) is 12.0 Å². The zero-order valence-corrected chi connectivity index (χ0v) is 21.1. The standard InChI is InChI=1S/C11H11.C10H15.2BrH.Zr/c1-2-9-7-10-5-3-4-6-11(10)8-9;1-6-7(2)9(4)10(5)8(6)3;;;/h3-8H,2H2,1H3;1-5H3;2*1H;/q;;;;+2/p-2. The molecular weight excluding hydrogens is 503 g/mol. The Balaban J connectivity index is 0.00000144. The Morgan fingerprint density at radius 1 is 0.958 bits per heavy atom. The van der Waals surface area contributed by atoms with Crippen molar-refractivity contribution < 1.29 is 57.2 Å². The molecule has 0 fully saturated rings. The van der Waals surface area contributed by atoms with Crippen molar-refractivity contribution in [2.45, 2.75) is 54.7 Å². The van der Waals surface area contributed by atoms with Gasteiger partial charge in [-0.05, 0) is 0 Å². The van der Waals surface area contributed by atoms with Crippen molar-refractivity contribution in [1.82, 2.24) is 0 Å². The minimum absolute atomic E-state index is 0. The van der Waals surface area contributed by atoms with E-state index >= 15 is 0 Å². The maximum atomic E-state index is 2.53. The Kier molecular flexibility index (Phi) is 7.74. The van der Waals surface area contributed by atoms with Crippen LogP contribution in [0, 0.1) is 0 Å². The SMILES string of the molecule is CCC1=Cc2ccccc2[CH]1[Zr+2][C]1(C)C(C)=C(C)C(C)=C1C.[Br-].[Br-]. The second-order valence-electron chi connectivity index (χ2n) is 6.90. The third-order valence-corrected chi connectivity index (χ3v) is 11.7. The number of rotatable bonds is 3. The number of hydrogen-bond donors (Lipinski definition) is 0. The topological polar surface area (TPSA) is 0 Å². The molecule has 3 rings (SSSR count). The molecule has 2 aliphatic carbocycles. The van der Waals surface area contributed by atoms with Gasteiger partial charge in [0.1, 0.15) is 0 Å². The fraction of sp³-hybridized carbons (Fsp3) is 0.429. The molecule has 0 bridgehead atoms. The predicted octanol–water partition coefficient (Wildman–Crippen LogP) is 0.490. The van der Waals surface area contributed by atoms with Crippen LogP contribution in [-0.4, -0.2) is 0 Å². The molecule has 0 nitrogen and oxygen atoms in total. The number of halogens is 2. The van der Waals surface area contributed by atoms with Crippen LogP contribution in [0.5, 0.6) is 0 Å². The first kappa shape index (κ1) is 22.3. The molecule has 1 unspecified atom stereocenters. The molecule has 0 heterocycles. The molecule has 0 aliphatic heterocycles. The quantitative estimate of drug-likeness (QED) is 0.535. The molecule has 1 atom stereocenters. The van der Waals surface area contributed by atoms with Crippen LogP contribution in [0.4, 0.5) is 0 Å². The first-order valence-corrected chi connectivity index (χ1v) is 11.0. The van der Waals surface area contributed by atoms with Gasteiger partial charge in [0, 0.05) is 0 Å². The molecule has 0 saturated heterocycles. The van der Waals surface area contributed by atoms with Gasteiger partial charge in [0.15, 0.2) is 0 Å². The number of allylic oxidation sites excluding steroid dienone is 5. The van der Waals surface area contributed by atoms with Crippen LogP contribution in [0.15, 0.2) is 52.1 Å². The van der Waals surface area contributed by atoms with E-state index < -0.39 is 23.2 Å². The molecule has 1 aromatic carbocycles. The predicted molar refractivity (Wildman–Crippen MR) is 92.6 cm³/mol. The Labute approximate surface area is 180 Å². The van der Waals surface area contributed by atoms with Gasteiger partial charge in [0.2, 0.25) is 0 Å². The smallest absolute Gasteiger partial charge is 1.00 e. The zero-order chi connectivity index (χ0) is 16.1. The van der Waals surface area contributed by atoms with Gasteiger partial charge in [0.05, 0.1) is 0 Å². The van der Waals surface area contributed by atoms with E-state index in [-0.39, 0.29) is 34.0 Å². The number of hydrogen-bond acceptors (Lipinski definition) is 0. The molecule has 128 valence electrons. The minimum Gasteiger partial charge on any atom is -1.00 e. The van der Waals surface area contributed by atoms with E-state index in [2.05, 4.69) is 71.9 Å². The van der Waals surface area contributed by atoms with Gasteiger partial charge >= 0.3 is 147 Å². The molecule has 2 aliphatic rings. The molecule has 0 spiro atoms. The molecule has 3 heteroatoms. The summed E-state index contributed by atoms with van der Waals surface area (Å²) in [6, 6.07) is 9.06. The Hall–Kier alpha value is 0.283. The van der Waals surface area contributed by atoms with E-state index in [1.807, 2.05) is 0 Å². The fourth-order valence-electron chi connectivity index (χ4n) is 3.96. The van der Waals surface area contributed by atoms with Gasteiger partial charge in [0.25, 0.3) is 0 Å². The molecule has 1 aromatic rings. The third-order valence-electron chi connectivity index (χ3n) is 6.05. The summed E-state index contributed by atoms with van der Waals surface area (Å²) in [5, 5.41) is 0. The van der Waals surface area contributed by atoms with Gasteiger partial charge in [-0.2, -0.15) is 0 Å². The van der Waals surface area contributed by atoms with Gasteiger partial charge in [-0.1, -0.05) is 0 Å². The Morgan fingerprint density at radius 3 is 2.04 bits per heavy atom. The van der Waals surface area contributed by atoms with Crippen LogP contribution >= 0.6 is 0 Å². The average Bonchev–Trinajstić information content (AvgIpc) is 2.94. The van der Waals surface area contributed by atoms with Crippen molar-refractivity contribution in [2.24, 2.45) is 0 Å². The maximum Gasteiger partial charge on any atom is -1.00 e. The van der Waals surface area contributed by atoms with Crippen LogP contribution < -0.4 is 34.0 Å². The summed E-state index contributed by atoms with van der Waals surface area (Å²) in [5.74, 6) is 0. The Bertz CT molecular complexity index is 701. The first-order valence-electron chi connectivity index (χ1n) is 8.33. The van der Waals surface area contributed by atoms with Gasteiger partial charge < -0.3 is 34.0 Å². The summed E-state index contributed by atoms with van der Waals surface area (Å²) >= 11 is -0.688. The Morgan fingerprint density at radius 2 is 1.50 bits per heavy atom. The molecule has 0 aromatic heterocycles. The molecule has 0 amide bonds. The number of fused-ring (bicyclic) bond motifs is 1. The first-order chi connectivity index (χ1) is 10.4. The summed E-state index contributed by atoms with van der Waals surface area (Å²) in [6.07, 6.45) is 3.66. The van der Waals surface area contributed by atoms with Crippen molar-refractivity contribution in [3.8, 4) is 0 Å². The third kappa shape index (κ3) is 3.43. The van der Waals surface area contributed by atoms with E-state index in [0.29, 0.717) is 3.12 Å². The summed E-state index contributed by atoms with van der Waals surface area (Å²) in [4.78, 5) is 0. The van der Waals surface area contributed by atoms with Gasteiger partial charge in [-0.3, -0.25) is 0 Å². The maximum absolute atomic E-state index is 2.53. The molecule has 0 saturated carbocycles. The van der Waals surface area contributed by atoms with Crippen molar-refractivity contribution in [1.29, 1.82) is 0 Å². The molecular formula is C21H26Br2Zr. The van der Waals surface area contributed by atoms with Crippen molar-refractivity contribution in [2.75, 3.05) is 0 Å². The largest absolute Gasteiger partial charge is 1.00 e. The summed E-state index contributed by atoms with van der Waals surface area (Å²) in [6.45, 7) is 14.2. The van der Waals surface area contributed by atoms with Crippen LogP contribution in [-0.2, 0) is 23.2 Å². The van der Waals surface area contributed by atoms with E-state index in [0.717, 1.165) is 3.63 Å². The zero-order valence-electron chi connectivity index (χ0n) is 15.4. The van der Waals surface area contributed by atoms with E-state index in [4.69, 9.17) is 0 Å². The molecule has 0 N–H and O–H groups in total. The van der Waals surface area contributed by atoms with Crippen molar-refractivity contribution in [3.05, 3.63) is 63.3 Å². The van der Waals surface area contributed by atoms with Crippen LogP contribution in [0.25, 0.3) is 6.08 Å². The fourth-order valence-corrected chi connectivity index (χ4v) is 9.56. The summed E-state index contributed by atoms with van der Waals surface area (Å²) < 4.78 is 1.13. The number of benzene rings is 1.